The Bertz CT molecular complexity index is 1260. The number of amides is 1. The number of sulfonamides is 1. The molecule has 1 aliphatic heterocycles. The van der Waals surface area contributed by atoms with Gasteiger partial charge in [-0.15, -0.1) is 0 Å². The van der Waals surface area contributed by atoms with Gasteiger partial charge in [0, 0.05) is 12.2 Å². The van der Waals surface area contributed by atoms with Crippen LogP contribution in [0.25, 0.3) is 0 Å². The number of carbonyl (C=O) groups is 1. The fourth-order valence-electron chi connectivity index (χ4n) is 3.47. The molecule has 1 amide bonds. The van der Waals surface area contributed by atoms with E-state index in [1.54, 1.807) is 18.2 Å². The van der Waals surface area contributed by atoms with E-state index < -0.39 is 27.6 Å². The Kier molecular flexibility index (Phi) is 5.68. The first-order chi connectivity index (χ1) is 14.8. The average molecular weight is 463 g/mol. The monoisotopic (exact) mass is 462 g/mol. The second kappa shape index (κ2) is 8.28. The molecule has 0 atom stereocenters. The number of hydrogen-bond donors (Lipinski definition) is 1. The quantitative estimate of drug-likeness (QED) is 0.592. The molecule has 0 spiro atoms. The van der Waals surface area contributed by atoms with Crippen molar-refractivity contribution in [3.05, 3.63) is 88.4 Å². The molecule has 1 N–H and O–H groups in total. The van der Waals surface area contributed by atoms with Gasteiger partial charge in [0.2, 0.25) is 0 Å². The Morgan fingerprint density at radius 3 is 2.39 bits per heavy atom. The van der Waals surface area contributed by atoms with E-state index in [1.165, 1.54) is 22.5 Å². The number of aryl methyl sites for hydroxylation is 1. The molecule has 160 valence electrons. The van der Waals surface area contributed by atoms with Gasteiger partial charge < -0.3 is 5.32 Å². The molecule has 0 fully saturated rings. The van der Waals surface area contributed by atoms with Crippen molar-refractivity contribution in [1.29, 1.82) is 0 Å². The van der Waals surface area contributed by atoms with Crippen molar-refractivity contribution < 1.29 is 22.0 Å². The van der Waals surface area contributed by atoms with Gasteiger partial charge >= 0.3 is 0 Å². The molecule has 0 radical (unpaired) electrons. The largest absolute Gasteiger partial charge is 0.322 e. The lowest BCUT2D eigenvalue weighted by Gasteiger charge is -2.31. The van der Waals surface area contributed by atoms with E-state index in [4.69, 9.17) is 11.6 Å². The van der Waals surface area contributed by atoms with Crippen molar-refractivity contribution in [2.24, 2.45) is 0 Å². The summed E-state index contributed by atoms with van der Waals surface area (Å²) in [5, 5.41) is 2.64. The van der Waals surface area contributed by atoms with Gasteiger partial charge in [-0.25, -0.2) is 17.2 Å². The molecule has 31 heavy (non-hydrogen) atoms. The number of benzene rings is 3. The summed E-state index contributed by atoms with van der Waals surface area (Å²) in [6, 6.07) is 13.1. The Morgan fingerprint density at radius 1 is 0.968 bits per heavy atom. The molecule has 4 rings (SSSR count). The molecule has 0 bridgehead atoms. The van der Waals surface area contributed by atoms with E-state index in [-0.39, 0.29) is 22.0 Å². The highest BCUT2D eigenvalue weighted by molar-refractivity contribution is 7.92. The standard InChI is InChI=1S/C22H17ClF2N2O3S/c23-20-12-16(25)6-10-19(20)22(28)26-17-7-3-14-2-1-11-27(21(14)13-17)31(29,30)18-8-4-15(24)5-9-18/h3-10,12-13H,1-2,11H2,(H,26,28). The van der Waals surface area contributed by atoms with Crippen LogP contribution < -0.4 is 9.62 Å². The van der Waals surface area contributed by atoms with Gasteiger partial charge in [-0.1, -0.05) is 17.7 Å². The highest BCUT2D eigenvalue weighted by Crippen LogP contribution is 2.34. The fraction of sp³-hybridized carbons (Fsp3) is 0.136. The van der Waals surface area contributed by atoms with Crippen LogP contribution in [0.15, 0.2) is 65.6 Å². The van der Waals surface area contributed by atoms with Gasteiger partial charge in [0.05, 0.1) is 21.2 Å². The number of carbonyl (C=O) groups excluding carboxylic acids is 1. The van der Waals surface area contributed by atoms with Gasteiger partial charge in [0.25, 0.3) is 15.9 Å². The number of halogens is 3. The van der Waals surface area contributed by atoms with E-state index in [2.05, 4.69) is 5.32 Å². The minimum Gasteiger partial charge on any atom is -0.322 e. The van der Waals surface area contributed by atoms with Crippen molar-refractivity contribution in [3.8, 4) is 0 Å². The van der Waals surface area contributed by atoms with Gasteiger partial charge in [-0.3, -0.25) is 9.10 Å². The molecule has 1 aliphatic rings. The fourth-order valence-corrected chi connectivity index (χ4v) is 5.26. The zero-order chi connectivity index (χ0) is 22.2. The Morgan fingerprint density at radius 2 is 1.68 bits per heavy atom. The topological polar surface area (TPSA) is 66.5 Å². The van der Waals surface area contributed by atoms with Gasteiger partial charge in [0.15, 0.2) is 0 Å². The number of nitrogens with one attached hydrogen (secondary N) is 1. The zero-order valence-electron chi connectivity index (χ0n) is 16.1. The third kappa shape index (κ3) is 4.26. The highest BCUT2D eigenvalue weighted by Gasteiger charge is 2.29. The highest BCUT2D eigenvalue weighted by atomic mass is 35.5. The van der Waals surface area contributed by atoms with Crippen LogP contribution in [0.5, 0.6) is 0 Å². The lowest BCUT2D eigenvalue weighted by Crippen LogP contribution is -2.35. The first-order valence-corrected chi connectivity index (χ1v) is 11.2. The van der Waals surface area contributed by atoms with Crippen molar-refractivity contribution >= 4 is 38.9 Å². The van der Waals surface area contributed by atoms with Crippen molar-refractivity contribution in [1.82, 2.24) is 0 Å². The minimum absolute atomic E-state index is 0.0192. The lowest BCUT2D eigenvalue weighted by molar-refractivity contribution is 0.102. The Hall–Kier alpha value is -2.97. The maximum Gasteiger partial charge on any atom is 0.264 e. The maximum absolute atomic E-state index is 13.2. The van der Waals surface area contributed by atoms with Crippen LogP contribution >= 0.6 is 11.6 Å². The lowest BCUT2D eigenvalue weighted by atomic mass is 10.0. The van der Waals surface area contributed by atoms with Crippen LogP contribution in [-0.4, -0.2) is 20.9 Å². The van der Waals surface area contributed by atoms with Crippen molar-refractivity contribution in [2.45, 2.75) is 17.7 Å². The summed E-state index contributed by atoms with van der Waals surface area (Å²) in [5.41, 5.74) is 1.72. The van der Waals surface area contributed by atoms with Crippen LogP contribution in [0.1, 0.15) is 22.3 Å². The summed E-state index contributed by atoms with van der Waals surface area (Å²) in [7, 11) is -3.91. The summed E-state index contributed by atoms with van der Waals surface area (Å²) in [5.74, 6) is -1.63. The normalized spacial score (nSPS) is 13.6. The second-order valence-corrected chi connectivity index (χ2v) is 9.33. The average Bonchev–Trinajstić information content (AvgIpc) is 2.73. The maximum atomic E-state index is 13.2. The number of fused-ring (bicyclic) bond motifs is 1. The van der Waals surface area contributed by atoms with Crippen molar-refractivity contribution in [3.63, 3.8) is 0 Å². The van der Waals surface area contributed by atoms with E-state index in [9.17, 15) is 22.0 Å². The van der Waals surface area contributed by atoms with Gasteiger partial charge in [-0.2, -0.15) is 0 Å². The Balaban J connectivity index is 1.66. The third-order valence-corrected chi connectivity index (χ3v) is 7.14. The Labute approximate surface area is 183 Å². The number of rotatable bonds is 4. The number of nitrogens with zero attached hydrogens (tertiary/aromatic N) is 1. The first-order valence-electron chi connectivity index (χ1n) is 9.43. The second-order valence-electron chi connectivity index (χ2n) is 7.06. The van der Waals surface area contributed by atoms with Crippen LogP contribution in [0.2, 0.25) is 5.02 Å². The third-order valence-electron chi connectivity index (χ3n) is 5.00. The van der Waals surface area contributed by atoms with E-state index in [1.807, 2.05) is 0 Å². The molecule has 0 saturated carbocycles. The molecule has 9 heteroatoms. The molecule has 5 nitrogen and oxygen atoms in total. The molecule has 0 aliphatic carbocycles. The van der Waals surface area contributed by atoms with Crippen LogP contribution in [0, 0.1) is 11.6 Å². The molecule has 0 unspecified atom stereocenters. The molecule has 3 aromatic carbocycles. The molecule has 0 aromatic heterocycles. The predicted octanol–water partition coefficient (Wildman–Crippen LogP) is 5.01. The predicted molar refractivity (Wildman–Crippen MR) is 115 cm³/mol. The summed E-state index contributed by atoms with van der Waals surface area (Å²) < 4.78 is 54.1. The molecule has 1 heterocycles. The van der Waals surface area contributed by atoms with E-state index in [0.29, 0.717) is 24.2 Å². The van der Waals surface area contributed by atoms with Crippen LogP contribution in [-0.2, 0) is 16.4 Å². The zero-order valence-corrected chi connectivity index (χ0v) is 17.7. The van der Waals surface area contributed by atoms with E-state index >= 15 is 0 Å². The van der Waals surface area contributed by atoms with Gasteiger partial charge in [-0.05, 0) is 73.0 Å². The summed E-state index contributed by atoms with van der Waals surface area (Å²) in [6.07, 6.45) is 1.31. The minimum atomic E-state index is -3.91. The van der Waals surface area contributed by atoms with Crippen LogP contribution in [0.4, 0.5) is 20.2 Å². The summed E-state index contributed by atoms with van der Waals surface area (Å²) in [6.45, 7) is 0.258. The molecular weight excluding hydrogens is 446 g/mol. The summed E-state index contributed by atoms with van der Waals surface area (Å²) in [4.78, 5) is 12.5. The van der Waals surface area contributed by atoms with Crippen LogP contribution in [0.3, 0.4) is 0 Å². The smallest absolute Gasteiger partial charge is 0.264 e. The number of hydrogen-bond acceptors (Lipinski definition) is 3. The number of anilines is 2. The van der Waals surface area contributed by atoms with Crippen molar-refractivity contribution in [2.75, 3.05) is 16.2 Å². The molecular formula is C22H17ClF2N2O3S. The SMILES string of the molecule is O=C(Nc1ccc2c(c1)N(S(=O)(=O)c1ccc(F)cc1)CCC2)c1ccc(F)cc1Cl. The first kappa shape index (κ1) is 21.3. The molecule has 3 aromatic rings. The summed E-state index contributed by atoms with van der Waals surface area (Å²) >= 11 is 5.95. The van der Waals surface area contributed by atoms with Gasteiger partial charge in [0.1, 0.15) is 11.6 Å². The van der Waals surface area contributed by atoms with E-state index in [0.717, 1.165) is 29.8 Å². The molecule has 0 saturated heterocycles.